The van der Waals surface area contributed by atoms with E-state index in [1.165, 1.54) is 31.3 Å². The zero-order chi connectivity index (χ0) is 48.8. The summed E-state index contributed by atoms with van der Waals surface area (Å²) in [6, 6.07) is 5.82. The molecule has 0 saturated carbocycles. The highest BCUT2D eigenvalue weighted by molar-refractivity contribution is 6.12. The minimum Gasteiger partial charge on any atom is -0.480 e. The maximum Gasteiger partial charge on any atom is 0.326 e. The van der Waals surface area contributed by atoms with Crippen LogP contribution in [-0.2, 0) is 54.3 Å². The Hall–Kier alpha value is -5.16. The average molecular weight is 911 g/mol. The number of carbonyl (C=O) groups is 8. The van der Waals surface area contributed by atoms with Gasteiger partial charge in [-0.15, -0.1) is 0 Å². The quantitative estimate of drug-likeness (QED) is 0.0904. The van der Waals surface area contributed by atoms with Gasteiger partial charge in [-0.25, -0.2) is 4.79 Å². The number of likely N-dealkylation sites (tertiary alicyclic amines) is 1. The van der Waals surface area contributed by atoms with Crippen molar-refractivity contribution in [2.75, 3.05) is 41.4 Å². The SMILES string of the molecule is CC[C@H](C)[C@@H]([C@@H](CC(=O)N1CCCC1[C@H](OC)[C@@H](C)C(=O)N[C@@H](Cc1ccccc1)C(=O)O)OC)N(C)C(=O)[C@@H](NC(=O)C(C)(C)N(C)C(=O)CCCCCN1C(=O)C=CC1=O)C(C)C. The molecule has 2 aliphatic heterocycles. The van der Waals surface area contributed by atoms with E-state index in [0.717, 1.165) is 10.5 Å². The van der Waals surface area contributed by atoms with Gasteiger partial charge in [-0.05, 0) is 56.9 Å². The molecule has 17 heteroatoms. The number of likely N-dealkylation sites (N-methyl/N-ethyl adjacent to an activating group) is 2. The fourth-order valence-corrected chi connectivity index (χ4v) is 8.72. The van der Waals surface area contributed by atoms with E-state index < -0.39 is 65.6 Å². The van der Waals surface area contributed by atoms with Crippen molar-refractivity contribution in [3.05, 3.63) is 48.0 Å². The molecule has 65 heavy (non-hydrogen) atoms. The number of hydrogen-bond donors (Lipinski definition) is 3. The van der Waals surface area contributed by atoms with Crippen LogP contribution in [-0.4, -0.2) is 155 Å². The van der Waals surface area contributed by atoms with Gasteiger partial charge in [0.05, 0.1) is 36.6 Å². The van der Waals surface area contributed by atoms with E-state index in [1.807, 2.05) is 33.8 Å². The number of unbranched alkanes of at least 4 members (excludes halogenated alkanes) is 2. The Balaban J connectivity index is 1.69. The lowest BCUT2D eigenvalue weighted by Crippen LogP contribution is -2.62. The molecule has 8 atom stereocenters. The zero-order valence-corrected chi connectivity index (χ0v) is 40.3. The van der Waals surface area contributed by atoms with Crippen LogP contribution in [0.25, 0.3) is 0 Å². The van der Waals surface area contributed by atoms with Gasteiger partial charge in [0.1, 0.15) is 17.6 Å². The van der Waals surface area contributed by atoms with Gasteiger partial charge in [0.25, 0.3) is 11.8 Å². The third-order valence-electron chi connectivity index (χ3n) is 13.3. The molecule has 0 aliphatic carbocycles. The van der Waals surface area contributed by atoms with Crippen molar-refractivity contribution in [2.24, 2.45) is 17.8 Å². The number of nitrogens with zero attached hydrogens (tertiary/aromatic N) is 4. The zero-order valence-electron chi connectivity index (χ0n) is 40.3. The first-order valence-electron chi connectivity index (χ1n) is 22.9. The van der Waals surface area contributed by atoms with Crippen LogP contribution < -0.4 is 10.6 Å². The highest BCUT2D eigenvalue weighted by Crippen LogP contribution is 2.30. The molecule has 362 valence electrons. The number of carboxylic acids is 1. The van der Waals surface area contributed by atoms with Crippen molar-refractivity contribution in [1.29, 1.82) is 0 Å². The van der Waals surface area contributed by atoms with Gasteiger partial charge < -0.3 is 39.9 Å². The first-order chi connectivity index (χ1) is 30.6. The summed E-state index contributed by atoms with van der Waals surface area (Å²) in [4.78, 5) is 111. The molecule has 17 nitrogen and oxygen atoms in total. The second-order valence-corrected chi connectivity index (χ2v) is 18.4. The van der Waals surface area contributed by atoms with Gasteiger partial charge >= 0.3 is 5.97 Å². The minimum atomic E-state index is -1.33. The van der Waals surface area contributed by atoms with Crippen molar-refractivity contribution in [3.63, 3.8) is 0 Å². The molecule has 1 unspecified atom stereocenters. The summed E-state index contributed by atoms with van der Waals surface area (Å²) in [5.74, 6) is -5.06. The second kappa shape index (κ2) is 24.9. The molecule has 3 rings (SSSR count). The van der Waals surface area contributed by atoms with Gasteiger partial charge in [-0.3, -0.25) is 38.5 Å². The Kier molecular flexibility index (Phi) is 20.8. The van der Waals surface area contributed by atoms with E-state index >= 15 is 0 Å². The molecule has 1 saturated heterocycles. The molecule has 2 heterocycles. The number of nitrogens with one attached hydrogen (secondary N) is 2. The number of carbonyl (C=O) groups excluding carboxylic acids is 7. The fourth-order valence-electron chi connectivity index (χ4n) is 8.72. The maximum atomic E-state index is 14.5. The highest BCUT2D eigenvalue weighted by atomic mass is 16.5. The molecule has 1 aromatic carbocycles. The number of imide groups is 1. The van der Waals surface area contributed by atoms with E-state index in [-0.39, 0.29) is 67.2 Å². The van der Waals surface area contributed by atoms with Crippen molar-refractivity contribution in [1.82, 2.24) is 30.2 Å². The van der Waals surface area contributed by atoms with Gasteiger partial charge in [0.15, 0.2) is 0 Å². The summed E-state index contributed by atoms with van der Waals surface area (Å²) in [5, 5.41) is 15.5. The van der Waals surface area contributed by atoms with Crippen LogP contribution in [0.5, 0.6) is 0 Å². The Morgan fingerprint density at radius 3 is 2.09 bits per heavy atom. The normalized spacial score (nSPS) is 18.4. The van der Waals surface area contributed by atoms with E-state index in [9.17, 15) is 43.5 Å². The molecular formula is C48H74N6O11. The summed E-state index contributed by atoms with van der Waals surface area (Å²) in [5.41, 5.74) is -0.566. The number of rotatable bonds is 26. The third-order valence-corrected chi connectivity index (χ3v) is 13.3. The van der Waals surface area contributed by atoms with Gasteiger partial charge in [-0.1, -0.05) is 77.8 Å². The lowest BCUT2D eigenvalue weighted by Gasteiger charge is -2.41. The summed E-state index contributed by atoms with van der Waals surface area (Å²) in [6.45, 7) is 13.2. The van der Waals surface area contributed by atoms with Crippen molar-refractivity contribution in [3.8, 4) is 0 Å². The van der Waals surface area contributed by atoms with Gasteiger partial charge in [-0.2, -0.15) is 0 Å². The van der Waals surface area contributed by atoms with Crippen LogP contribution in [0, 0.1) is 17.8 Å². The maximum absolute atomic E-state index is 14.5. The summed E-state index contributed by atoms with van der Waals surface area (Å²) >= 11 is 0. The van der Waals surface area contributed by atoms with Crippen LogP contribution in [0.15, 0.2) is 42.5 Å². The molecule has 0 radical (unpaired) electrons. The van der Waals surface area contributed by atoms with Crippen LogP contribution in [0.1, 0.15) is 105 Å². The Morgan fingerprint density at radius 1 is 0.908 bits per heavy atom. The molecule has 1 fully saturated rings. The first kappa shape index (κ1) is 54.2. The molecule has 0 spiro atoms. The summed E-state index contributed by atoms with van der Waals surface area (Å²) in [6.07, 6.45) is 4.67. The first-order valence-corrected chi connectivity index (χ1v) is 22.9. The van der Waals surface area contributed by atoms with Crippen LogP contribution in [0.4, 0.5) is 0 Å². The monoisotopic (exact) mass is 911 g/mol. The number of benzene rings is 1. The standard InChI is InChI=1S/C48H74N6O11/c1-12-31(4)42(51(8)45(60)41(30(2)3)50-47(63)48(6,7)52(9)37(55)23-17-14-18-26-54-38(56)24-25-39(54)57)36(64-10)29-40(58)53-27-19-22-35(53)43(65-11)32(5)44(59)49-34(46(61)62)28-33-20-15-13-16-21-33/h13,15-16,20-21,24-25,30-32,34-36,41-43H,12,14,17-19,22-23,26-29H2,1-11H3,(H,49,59)(H,50,63)(H,61,62)/t31-,32+,34-,35?,36+,41-,42-,43+/m0/s1. The van der Waals surface area contributed by atoms with Crippen molar-refractivity contribution in [2.45, 2.75) is 148 Å². The number of hydrogen-bond acceptors (Lipinski definition) is 10. The number of aliphatic carboxylic acids is 1. The van der Waals surface area contributed by atoms with E-state index in [4.69, 9.17) is 9.47 Å². The van der Waals surface area contributed by atoms with Crippen LogP contribution in [0.3, 0.4) is 0 Å². The van der Waals surface area contributed by atoms with Gasteiger partial charge in [0, 0.05) is 66.4 Å². The number of methoxy groups -OCH3 is 2. The fraction of sp³-hybridized carbons (Fsp3) is 0.667. The van der Waals surface area contributed by atoms with E-state index in [2.05, 4.69) is 10.6 Å². The molecular weight excluding hydrogens is 837 g/mol. The molecule has 3 N–H and O–H groups in total. The predicted molar refractivity (Wildman–Crippen MR) is 244 cm³/mol. The van der Waals surface area contributed by atoms with E-state index in [0.29, 0.717) is 45.1 Å². The third kappa shape index (κ3) is 14.2. The number of ether oxygens (including phenoxy) is 2. The van der Waals surface area contributed by atoms with Crippen LogP contribution >= 0.6 is 0 Å². The van der Waals surface area contributed by atoms with Crippen LogP contribution in [0.2, 0.25) is 0 Å². The topological polar surface area (TPSA) is 212 Å². The van der Waals surface area contributed by atoms with E-state index in [1.54, 1.807) is 68.9 Å². The average Bonchev–Trinajstić information content (AvgIpc) is 3.89. The minimum absolute atomic E-state index is 0.0842. The molecule has 1 aromatic rings. The molecule has 0 aromatic heterocycles. The van der Waals surface area contributed by atoms with Gasteiger partial charge in [0.2, 0.25) is 29.5 Å². The van der Waals surface area contributed by atoms with Crippen molar-refractivity contribution >= 4 is 47.3 Å². The summed E-state index contributed by atoms with van der Waals surface area (Å²) in [7, 11) is 6.16. The number of carboxylic acid groups (broad SMARTS) is 1. The molecule has 2 aliphatic rings. The lowest BCUT2D eigenvalue weighted by molar-refractivity contribution is -0.150. The van der Waals surface area contributed by atoms with Crippen molar-refractivity contribution < 1.29 is 52.9 Å². The smallest absolute Gasteiger partial charge is 0.326 e. The second-order valence-electron chi connectivity index (χ2n) is 18.4. The molecule has 0 bridgehead atoms. The molecule has 7 amide bonds. The lowest BCUT2D eigenvalue weighted by atomic mass is 9.89. The highest BCUT2D eigenvalue weighted by Gasteiger charge is 2.44. The Labute approximate surface area is 385 Å². The largest absolute Gasteiger partial charge is 0.480 e. The summed E-state index contributed by atoms with van der Waals surface area (Å²) < 4.78 is 11.9. The Morgan fingerprint density at radius 2 is 1.54 bits per heavy atom. The predicted octanol–water partition coefficient (Wildman–Crippen LogP) is 3.58. The number of amides is 7. The Bertz CT molecular complexity index is 1840.